The third-order valence-corrected chi connectivity index (χ3v) is 6.18. The maximum atomic E-state index is 13.3. The summed E-state index contributed by atoms with van der Waals surface area (Å²) in [5.41, 5.74) is 2.84. The Morgan fingerprint density at radius 1 is 1.14 bits per heavy atom. The molecule has 35 heavy (non-hydrogen) atoms. The summed E-state index contributed by atoms with van der Waals surface area (Å²) in [6, 6.07) is 16.8. The molecule has 10 heteroatoms. The average Bonchev–Trinajstić information content (AvgIpc) is 3.65. The number of ether oxygens (including phenoxy) is 2. The molecule has 1 N–H and O–H groups in total. The fraction of sp³-hybridized carbons (Fsp3) is 0.120. The van der Waals surface area contributed by atoms with E-state index >= 15 is 0 Å². The third kappa shape index (κ3) is 4.15. The number of rotatable bonds is 8. The summed E-state index contributed by atoms with van der Waals surface area (Å²) < 4.78 is 16.7. The van der Waals surface area contributed by atoms with Gasteiger partial charge in [0.05, 0.1) is 25.0 Å². The van der Waals surface area contributed by atoms with Crippen molar-refractivity contribution in [3.63, 3.8) is 0 Å². The van der Waals surface area contributed by atoms with Crippen molar-refractivity contribution in [2.75, 3.05) is 12.0 Å². The molecule has 1 unspecified atom stereocenters. The molecule has 2 aromatic carbocycles. The second kappa shape index (κ2) is 9.43. The first-order valence-corrected chi connectivity index (χ1v) is 11.4. The lowest BCUT2D eigenvalue weighted by atomic mass is 9.95. The highest BCUT2D eigenvalue weighted by Gasteiger charge is 2.46. The van der Waals surface area contributed by atoms with Crippen LogP contribution >= 0.6 is 11.3 Å². The van der Waals surface area contributed by atoms with E-state index in [1.165, 1.54) is 29.8 Å². The van der Waals surface area contributed by atoms with Gasteiger partial charge in [-0.3, -0.25) is 14.5 Å². The second-order valence-electron chi connectivity index (χ2n) is 7.55. The minimum Gasteiger partial charge on any atom is -0.503 e. The number of hydrogen-bond donors (Lipinski definition) is 1. The van der Waals surface area contributed by atoms with E-state index < -0.39 is 23.5 Å². The largest absolute Gasteiger partial charge is 0.503 e. The molecule has 1 atom stereocenters. The summed E-state index contributed by atoms with van der Waals surface area (Å²) in [6.07, 6.45) is 1.35. The molecule has 1 amide bonds. The van der Waals surface area contributed by atoms with E-state index in [2.05, 4.69) is 10.2 Å². The number of methoxy groups -OCH3 is 1. The Morgan fingerprint density at radius 2 is 1.97 bits per heavy atom. The molecule has 4 aromatic rings. The normalized spacial score (nSPS) is 15.5. The molecule has 0 spiro atoms. The first-order valence-electron chi connectivity index (χ1n) is 10.5. The number of anilines is 1. The van der Waals surface area contributed by atoms with E-state index in [0.29, 0.717) is 23.7 Å². The van der Waals surface area contributed by atoms with Crippen LogP contribution in [0.15, 0.2) is 88.2 Å². The summed E-state index contributed by atoms with van der Waals surface area (Å²) in [5, 5.41) is 18.8. The van der Waals surface area contributed by atoms with Gasteiger partial charge in [0.2, 0.25) is 10.9 Å². The quantitative estimate of drug-likeness (QED) is 0.360. The van der Waals surface area contributed by atoms with E-state index in [1.807, 2.05) is 30.3 Å². The molecule has 2 aromatic heterocycles. The number of aliphatic hydroxyl groups excluding tert-OH is 1. The second-order valence-corrected chi connectivity index (χ2v) is 8.36. The number of carbonyl (C=O) groups excluding carboxylic acids is 2. The van der Waals surface area contributed by atoms with Crippen molar-refractivity contribution < 1.29 is 28.6 Å². The molecular formula is C25H19N3O6S. The van der Waals surface area contributed by atoms with Gasteiger partial charge in [0.15, 0.2) is 23.0 Å². The number of furan rings is 1. The molecule has 0 fully saturated rings. The molecule has 0 saturated carbocycles. The highest BCUT2D eigenvalue weighted by molar-refractivity contribution is 7.13. The van der Waals surface area contributed by atoms with Crippen molar-refractivity contribution in [1.82, 2.24) is 10.2 Å². The van der Waals surface area contributed by atoms with Gasteiger partial charge in [0.25, 0.3) is 5.91 Å². The third-order valence-electron chi connectivity index (χ3n) is 5.49. The zero-order chi connectivity index (χ0) is 24.4. The van der Waals surface area contributed by atoms with Crippen LogP contribution in [0, 0.1) is 0 Å². The lowest BCUT2D eigenvalue weighted by molar-refractivity contribution is -0.117. The van der Waals surface area contributed by atoms with Crippen molar-refractivity contribution in [3.8, 4) is 11.5 Å². The van der Waals surface area contributed by atoms with Gasteiger partial charge in [-0.25, -0.2) is 0 Å². The van der Waals surface area contributed by atoms with Crippen LogP contribution in [-0.2, 0) is 11.4 Å². The van der Waals surface area contributed by atoms with Crippen molar-refractivity contribution in [3.05, 3.63) is 101 Å². The predicted octanol–water partition coefficient (Wildman–Crippen LogP) is 4.50. The van der Waals surface area contributed by atoms with Crippen LogP contribution in [0.3, 0.4) is 0 Å². The molecule has 0 aliphatic carbocycles. The standard InChI is InChI=1S/C25H19N3O6S/c1-32-19-12-16(9-10-17(19)34-13-15-6-3-2-4-7-15)21-20(22(29)18-8-5-11-33-18)23(30)24(31)28(21)25-27-26-14-35-25/h2-12,14,21,30H,13H2,1H3. The van der Waals surface area contributed by atoms with Crippen molar-refractivity contribution in [2.45, 2.75) is 12.6 Å². The van der Waals surface area contributed by atoms with Gasteiger partial charge < -0.3 is 19.0 Å². The molecule has 0 saturated heterocycles. The predicted molar refractivity (Wildman–Crippen MR) is 127 cm³/mol. The minimum absolute atomic E-state index is 0.00163. The summed E-state index contributed by atoms with van der Waals surface area (Å²) >= 11 is 1.11. The first-order chi connectivity index (χ1) is 17.1. The van der Waals surface area contributed by atoms with Crippen LogP contribution in [0.5, 0.6) is 11.5 Å². The van der Waals surface area contributed by atoms with Crippen LogP contribution < -0.4 is 14.4 Å². The Bertz CT molecular complexity index is 1380. The molecule has 0 radical (unpaired) electrons. The average molecular weight is 490 g/mol. The number of ketones is 1. The van der Waals surface area contributed by atoms with Gasteiger partial charge in [-0.05, 0) is 35.4 Å². The number of nitrogens with zero attached hydrogens (tertiary/aromatic N) is 3. The summed E-state index contributed by atoms with van der Waals surface area (Å²) in [5.74, 6) is -1.15. The Hall–Kier alpha value is -4.44. The maximum absolute atomic E-state index is 13.3. The lowest BCUT2D eigenvalue weighted by Gasteiger charge is -2.24. The van der Waals surface area contributed by atoms with Gasteiger partial charge in [-0.1, -0.05) is 47.7 Å². The number of carbonyl (C=O) groups is 2. The highest BCUT2D eigenvalue weighted by atomic mass is 32.1. The lowest BCUT2D eigenvalue weighted by Crippen LogP contribution is -2.31. The topological polar surface area (TPSA) is 115 Å². The van der Waals surface area contributed by atoms with Gasteiger partial charge in [0.1, 0.15) is 12.1 Å². The highest BCUT2D eigenvalue weighted by Crippen LogP contribution is 2.44. The number of benzene rings is 2. The van der Waals surface area contributed by atoms with Crippen LogP contribution in [0.2, 0.25) is 0 Å². The number of aliphatic hydroxyl groups is 1. The Morgan fingerprint density at radius 3 is 2.66 bits per heavy atom. The maximum Gasteiger partial charge on any atom is 0.296 e. The smallest absolute Gasteiger partial charge is 0.296 e. The summed E-state index contributed by atoms with van der Waals surface area (Å²) in [6.45, 7) is 0.332. The Labute approximate surface area is 203 Å². The molecular weight excluding hydrogens is 470 g/mol. The van der Waals surface area contributed by atoms with E-state index in [0.717, 1.165) is 16.9 Å². The molecule has 0 bridgehead atoms. The van der Waals surface area contributed by atoms with Crippen molar-refractivity contribution in [2.24, 2.45) is 0 Å². The van der Waals surface area contributed by atoms with E-state index in [9.17, 15) is 14.7 Å². The van der Waals surface area contributed by atoms with Gasteiger partial charge in [-0.2, -0.15) is 0 Å². The van der Waals surface area contributed by atoms with E-state index in [-0.39, 0.29) is 16.5 Å². The fourth-order valence-corrected chi connectivity index (χ4v) is 4.46. The van der Waals surface area contributed by atoms with Crippen LogP contribution in [0.1, 0.15) is 27.7 Å². The van der Waals surface area contributed by atoms with Crippen LogP contribution in [0.4, 0.5) is 5.13 Å². The Kier molecular flexibility index (Phi) is 6.02. The van der Waals surface area contributed by atoms with E-state index in [4.69, 9.17) is 13.9 Å². The first kappa shape index (κ1) is 22.4. The van der Waals surface area contributed by atoms with Gasteiger partial charge in [0, 0.05) is 0 Å². The zero-order valence-corrected chi connectivity index (χ0v) is 19.3. The summed E-state index contributed by atoms with van der Waals surface area (Å²) in [7, 11) is 1.50. The molecule has 176 valence electrons. The number of hydrogen-bond acceptors (Lipinski definition) is 9. The minimum atomic E-state index is -0.981. The zero-order valence-electron chi connectivity index (χ0n) is 18.5. The number of aromatic nitrogens is 2. The van der Waals surface area contributed by atoms with Crippen molar-refractivity contribution in [1.29, 1.82) is 0 Å². The van der Waals surface area contributed by atoms with Gasteiger partial charge in [-0.15, -0.1) is 10.2 Å². The van der Waals surface area contributed by atoms with Crippen LogP contribution in [0.25, 0.3) is 0 Å². The Balaban J connectivity index is 1.54. The fourth-order valence-electron chi connectivity index (χ4n) is 3.87. The molecule has 1 aliphatic rings. The molecule has 9 nitrogen and oxygen atoms in total. The van der Waals surface area contributed by atoms with E-state index in [1.54, 1.807) is 24.3 Å². The SMILES string of the molecule is COc1cc(C2C(C(=O)c3ccco3)=C(O)C(=O)N2c2nncs2)ccc1OCc1ccccc1. The molecule has 5 rings (SSSR count). The van der Waals surface area contributed by atoms with Crippen molar-refractivity contribution >= 4 is 28.2 Å². The summed E-state index contributed by atoms with van der Waals surface area (Å²) in [4.78, 5) is 27.6. The number of amides is 1. The number of Topliss-reactive ketones (excluding diaryl/α,β-unsaturated/α-hetero) is 1. The van der Waals surface area contributed by atoms with Crippen LogP contribution in [-0.4, -0.2) is 34.1 Å². The monoisotopic (exact) mass is 489 g/mol. The molecule has 1 aliphatic heterocycles. The molecule has 3 heterocycles. The van der Waals surface area contributed by atoms with Gasteiger partial charge >= 0.3 is 0 Å².